The highest BCUT2D eigenvalue weighted by molar-refractivity contribution is 6.34. The molecule has 0 aromatic carbocycles. The van der Waals surface area contributed by atoms with Crippen LogP contribution in [0.2, 0.25) is 10.3 Å². The number of hydrogen-bond donors (Lipinski definition) is 2. The Kier molecular flexibility index (Phi) is 2.49. The summed E-state index contributed by atoms with van der Waals surface area (Å²) in [6.45, 7) is 0. The molecule has 0 fully saturated rings. The minimum atomic E-state index is 0.397. The van der Waals surface area contributed by atoms with Crippen LogP contribution in [0.15, 0.2) is 12.7 Å². The number of nitrogens with zero attached hydrogens (tertiary/aromatic N) is 4. The summed E-state index contributed by atoms with van der Waals surface area (Å²) >= 11 is 12.2. The Bertz CT molecular complexity index is 546. The second-order valence-electron chi connectivity index (χ2n) is 3.99. The monoisotopic (exact) mass is 284 g/mol. The Morgan fingerprint density at radius 3 is 1.67 bits per heavy atom. The third-order valence-electron chi connectivity index (χ3n) is 2.77. The molecule has 0 atom stereocenters. The van der Waals surface area contributed by atoms with Gasteiger partial charge >= 0.3 is 0 Å². The zero-order valence-electron chi connectivity index (χ0n) is 9.70. The summed E-state index contributed by atoms with van der Waals surface area (Å²) in [6, 6.07) is 0. The molecular formula is C10H10Cl2N6+2. The lowest BCUT2D eigenvalue weighted by Gasteiger charge is -2.17. The number of aromatic nitrogens is 4. The highest BCUT2D eigenvalue weighted by atomic mass is 35.5. The third-order valence-corrected chi connectivity index (χ3v) is 3.34. The Morgan fingerprint density at radius 2 is 1.28 bits per heavy atom. The summed E-state index contributed by atoms with van der Waals surface area (Å²) in [5.41, 5.74) is 1.43. The van der Waals surface area contributed by atoms with Gasteiger partial charge in [0.25, 0.3) is 11.6 Å². The number of anilines is 4. The Hall–Kier alpha value is -1.66. The van der Waals surface area contributed by atoms with Crippen LogP contribution < -0.4 is 19.8 Å². The van der Waals surface area contributed by atoms with Gasteiger partial charge in [-0.15, -0.1) is 0 Å². The molecule has 1 aliphatic rings. The molecule has 6 nitrogen and oxygen atoms in total. The van der Waals surface area contributed by atoms with Crippen LogP contribution in [0.3, 0.4) is 0 Å². The molecule has 8 heteroatoms. The van der Waals surface area contributed by atoms with Gasteiger partial charge in [0.1, 0.15) is 0 Å². The van der Waals surface area contributed by atoms with Crippen LogP contribution in [0.5, 0.6) is 0 Å². The van der Waals surface area contributed by atoms with Crippen LogP contribution in [0, 0.1) is 0 Å². The van der Waals surface area contributed by atoms with Gasteiger partial charge in [-0.25, -0.2) is 9.13 Å². The highest BCUT2D eigenvalue weighted by Crippen LogP contribution is 2.39. The predicted molar refractivity (Wildman–Crippen MR) is 67.4 cm³/mol. The Labute approximate surface area is 113 Å². The van der Waals surface area contributed by atoms with E-state index in [0.717, 1.165) is 11.6 Å². The topological polar surface area (TPSA) is 57.6 Å². The molecule has 0 amide bonds. The third kappa shape index (κ3) is 1.57. The van der Waals surface area contributed by atoms with Crippen LogP contribution in [0.4, 0.5) is 23.0 Å². The van der Waals surface area contributed by atoms with E-state index in [2.05, 4.69) is 20.6 Å². The molecule has 0 saturated heterocycles. The molecule has 3 rings (SSSR count). The van der Waals surface area contributed by atoms with E-state index in [0.29, 0.717) is 21.7 Å². The van der Waals surface area contributed by atoms with Crippen molar-refractivity contribution in [1.82, 2.24) is 9.97 Å². The molecule has 2 N–H and O–H groups in total. The average Bonchev–Trinajstić information content (AvgIpc) is 2.37. The first-order chi connectivity index (χ1) is 8.58. The van der Waals surface area contributed by atoms with Crippen molar-refractivity contribution in [3.8, 4) is 0 Å². The molecule has 2 aromatic rings. The van der Waals surface area contributed by atoms with Crippen molar-refractivity contribution in [2.45, 2.75) is 0 Å². The van der Waals surface area contributed by atoms with Crippen LogP contribution in [-0.4, -0.2) is 9.97 Å². The highest BCUT2D eigenvalue weighted by Gasteiger charge is 2.33. The van der Waals surface area contributed by atoms with Gasteiger partial charge in [0.2, 0.25) is 34.3 Å². The summed E-state index contributed by atoms with van der Waals surface area (Å²) in [6.07, 6.45) is 3.26. The van der Waals surface area contributed by atoms with Crippen LogP contribution in [0.1, 0.15) is 0 Å². The molecule has 0 radical (unpaired) electrons. The number of nitrogens with one attached hydrogen (secondary N) is 2. The summed E-state index contributed by atoms with van der Waals surface area (Å²) in [7, 11) is 3.73. The van der Waals surface area contributed by atoms with E-state index < -0.39 is 0 Å². The van der Waals surface area contributed by atoms with E-state index >= 15 is 0 Å². The first-order valence-corrected chi connectivity index (χ1v) is 5.96. The van der Waals surface area contributed by atoms with Crippen molar-refractivity contribution < 1.29 is 9.13 Å². The van der Waals surface area contributed by atoms with Crippen molar-refractivity contribution in [2.75, 3.05) is 10.6 Å². The molecule has 0 bridgehead atoms. The van der Waals surface area contributed by atoms with Gasteiger partial charge in [-0.1, -0.05) is 9.97 Å². The zero-order chi connectivity index (χ0) is 12.9. The van der Waals surface area contributed by atoms with E-state index in [1.54, 1.807) is 12.7 Å². The van der Waals surface area contributed by atoms with Crippen LogP contribution >= 0.6 is 23.2 Å². The summed E-state index contributed by atoms with van der Waals surface area (Å²) in [5.74, 6) is 1.58. The van der Waals surface area contributed by atoms with Crippen molar-refractivity contribution in [3.05, 3.63) is 23.0 Å². The van der Waals surface area contributed by atoms with Crippen LogP contribution in [0.25, 0.3) is 0 Å². The molecule has 0 aliphatic carbocycles. The molecule has 2 aromatic heterocycles. The minimum absolute atomic E-state index is 0.397. The SMILES string of the molecule is C[n+]1cnc(Cl)c2c1Nc1c(Cl)nc[n+](C)c1N2. The smallest absolute Gasteiger partial charge is 0.261 e. The Balaban J connectivity index is 2.24. The maximum absolute atomic E-state index is 6.09. The number of hydrogen-bond acceptors (Lipinski definition) is 4. The van der Waals surface area contributed by atoms with Gasteiger partial charge in [0.15, 0.2) is 0 Å². The van der Waals surface area contributed by atoms with E-state index in [1.165, 1.54) is 0 Å². The van der Waals surface area contributed by atoms with E-state index in [1.807, 2.05) is 23.2 Å². The Morgan fingerprint density at radius 1 is 0.889 bits per heavy atom. The van der Waals surface area contributed by atoms with Crippen molar-refractivity contribution in [1.29, 1.82) is 0 Å². The van der Waals surface area contributed by atoms with Crippen molar-refractivity contribution in [3.63, 3.8) is 0 Å². The first-order valence-electron chi connectivity index (χ1n) is 5.20. The molecule has 0 unspecified atom stereocenters. The first kappa shape index (κ1) is 11.4. The zero-order valence-corrected chi connectivity index (χ0v) is 11.2. The van der Waals surface area contributed by atoms with Gasteiger partial charge in [0, 0.05) is 0 Å². The minimum Gasteiger partial charge on any atom is -0.261 e. The van der Waals surface area contributed by atoms with Gasteiger partial charge in [-0.05, 0) is 23.2 Å². The van der Waals surface area contributed by atoms with Gasteiger partial charge < -0.3 is 0 Å². The van der Waals surface area contributed by atoms with Crippen LogP contribution in [-0.2, 0) is 14.1 Å². The van der Waals surface area contributed by atoms with Crippen molar-refractivity contribution in [2.24, 2.45) is 14.1 Å². The maximum atomic E-state index is 6.09. The summed E-state index contributed by atoms with van der Waals surface area (Å²) < 4.78 is 3.64. The summed E-state index contributed by atoms with van der Waals surface area (Å²) in [5, 5.41) is 7.23. The largest absolute Gasteiger partial charge is 0.270 e. The average molecular weight is 285 g/mol. The normalized spacial score (nSPS) is 12.2. The molecule has 92 valence electrons. The molecule has 3 heterocycles. The van der Waals surface area contributed by atoms with Gasteiger partial charge in [-0.3, -0.25) is 10.6 Å². The molecule has 0 spiro atoms. The molecule has 1 aliphatic heterocycles. The van der Waals surface area contributed by atoms with Gasteiger partial charge in [-0.2, -0.15) is 0 Å². The quantitative estimate of drug-likeness (QED) is 0.482. The molecular weight excluding hydrogens is 275 g/mol. The molecule has 0 saturated carbocycles. The maximum Gasteiger partial charge on any atom is 0.270 e. The van der Waals surface area contributed by atoms with E-state index in [-0.39, 0.29) is 0 Å². The second-order valence-corrected chi connectivity index (χ2v) is 4.71. The van der Waals surface area contributed by atoms with E-state index in [4.69, 9.17) is 23.2 Å². The fourth-order valence-electron chi connectivity index (χ4n) is 1.83. The molecule has 18 heavy (non-hydrogen) atoms. The predicted octanol–water partition coefficient (Wildman–Crippen LogP) is 1.23. The number of aryl methyl sites for hydroxylation is 2. The number of halogens is 2. The van der Waals surface area contributed by atoms with E-state index in [9.17, 15) is 0 Å². The fourth-order valence-corrected chi connectivity index (χ4v) is 2.19. The lowest BCUT2D eigenvalue weighted by atomic mass is 10.3. The number of rotatable bonds is 0. The second kappa shape index (κ2) is 3.93. The standard InChI is InChI=1S/C10H8Cl2N6/c1-17-3-13-7(11)5-9(17)15-6-8(12)14-4-18(2)10(6)16-5/h3-4H,1-2H3/p+2. The number of fused-ring (bicyclic) bond motifs is 2. The van der Waals surface area contributed by atoms with Gasteiger partial charge in [0.05, 0.1) is 14.1 Å². The lowest BCUT2D eigenvalue weighted by Crippen LogP contribution is -2.39. The summed E-state index contributed by atoms with van der Waals surface area (Å²) in [4.78, 5) is 8.17. The lowest BCUT2D eigenvalue weighted by molar-refractivity contribution is -0.663. The van der Waals surface area contributed by atoms with Crippen molar-refractivity contribution >= 4 is 46.2 Å². The fraction of sp³-hybridized carbons (Fsp3) is 0.200.